The number of amides is 1. The molecule has 0 radical (unpaired) electrons. The van der Waals surface area contributed by atoms with E-state index in [1.165, 1.54) is 54.4 Å². The van der Waals surface area contributed by atoms with Crippen LogP contribution < -0.4 is 14.2 Å². The number of amidine groups is 2. The van der Waals surface area contributed by atoms with Gasteiger partial charge < -0.3 is 14.2 Å². The number of hydrazone groups is 1. The number of carbonyl (C=O) groups excluding carboxylic acids is 1. The summed E-state index contributed by atoms with van der Waals surface area (Å²) in [6.45, 7) is 2.72. The molecule has 2 aromatic rings. The van der Waals surface area contributed by atoms with Gasteiger partial charge in [-0.2, -0.15) is 15.1 Å². The highest BCUT2D eigenvalue weighted by Gasteiger charge is 2.35. The molecule has 0 atom stereocenters. The number of methoxy groups -OCH3 is 1. The summed E-state index contributed by atoms with van der Waals surface area (Å²) in [5.74, 6) is 2.21. The second-order valence-corrected chi connectivity index (χ2v) is 11.7. The van der Waals surface area contributed by atoms with Crippen LogP contribution in [0.15, 0.2) is 52.1 Å². The van der Waals surface area contributed by atoms with Gasteiger partial charge in [0, 0.05) is 0 Å². The quantitative estimate of drug-likeness (QED) is 0.180. The van der Waals surface area contributed by atoms with E-state index in [9.17, 15) is 4.79 Å². The van der Waals surface area contributed by atoms with Crippen LogP contribution in [0.4, 0.5) is 0 Å². The van der Waals surface area contributed by atoms with Crippen molar-refractivity contribution in [3.05, 3.63) is 56.7 Å². The summed E-state index contributed by atoms with van der Waals surface area (Å²) in [6.07, 6.45) is 8.93. The smallest absolute Gasteiger partial charge is 0.283 e. The van der Waals surface area contributed by atoms with Crippen molar-refractivity contribution >= 4 is 62.4 Å². The summed E-state index contributed by atoms with van der Waals surface area (Å²) in [6, 6.07) is 12.1. The molecule has 8 nitrogen and oxygen atoms in total. The molecule has 204 valence electrons. The minimum absolute atomic E-state index is 0.0131. The minimum Gasteiger partial charge on any atom is -0.493 e. The number of benzene rings is 2. The molecule has 1 N–H and O–H groups in total. The molecule has 39 heavy (non-hydrogen) atoms. The molecule has 0 unspecified atom stereocenters. The number of thioether (sulfide) groups is 1. The third kappa shape index (κ3) is 6.32. The van der Waals surface area contributed by atoms with Gasteiger partial charge in [0.05, 0.1) is 16.3 Å². The van der Waals surface area contributed by atoms with Crippen molar-refractivity contribution in [1.82, 2.24) is 5.01 Å². The summed E-state index contributed by atoms with van der Waals surface area (Å²) in [5.41, 5.74) is 2.29. The van der Waals surface area contributed by atoms with Crippen LogP contribution in [0.2, 0.25) is 0 Å². The lowest BCUT2D eigenvalue weighted by atomic mass is 9.84. The van der Waals surface area contributed by atoms with Gasteiger partial charge in [-0.25, -0.2) is 0 Å². The van der Waals surface area contributed by atoms with Gasteiger partial charge in [-0.15, -0.1) is 0 Å². The van der Waals surface area contributed by atoms with Crippen LogP contribution in [-0.2, 0) is 4.79 Å². The molecule has 10 heteroatoms. The number of hydrogen-bond donors (Lipinski definition) is 1. The molecule has 2 aliphatic heterocycles. The van der Waals surface area contributed by atoms with Crippen molar-refractivity contribution in [2.75, 3.05) is 20.3 Å². The number of carbonyl (C=O) groups is 1. The Morgan fingerprint density at radius 1 is 1.13 bits per heavy atom. The predicted molar refractivity (Wildman–Crippen MR) is 164 cm³/mol. The molecule has 2 aromatic carbocycles. The van der Waals surface area contributed by atoms with Crippen molar-refractivity contribution in [1.29, 1.82) is 5.41 Å². The van der Waals surface area contributed by atoms with Crippen LogP contribution in [0, 0.1) is 8.98 Å². The van der Waals surface area contributed by atoms with E-state index in [0.29, 0.717) is 41.4 Å². The Morgan fingerprint density at radius 3 is 2.59 bits per heavy atom. The lowest BCUT2D eigenvalue weighted by molar-refractivity contribution is -0.114. The Morgan fingerprint density at radius 2 is 1.87 bits per heavy atom. The van der Waals surface area contributed by atoms with E-state index in [4.69, 9.17) is 19.6 Å². The van der Waals surface area contributed by atoms with Crippen LogP contribution in [0.25, 0.3) is 6.08 Å². The molecule has 5 rings (SSSR count). The zero-order chi connectivity index (χ0) is 27.4. The Hall–Kier alpha value is -2.86. The van der Waals surface area contributed by atoms with Crippen molar-refractivity contribution in [2.45, 2.75) is 51.4 Å². The van der Waals surface area contributed by atoms with E-state index >= 15 is 0 Å². The molecule has 1 amide bonds. The van der Waals surface area contributed by atoms with Crippen LogP contribution >= 0.6 is 34.4 Å². The fraction of sp³-hybridized carbons (Fsp3) is 0.379. The summed E-state index contributed by atoms with van der Waals surface area (Å²) < 4.78 is 18.4. The highest BCUT2D eigenvalue weighted by atomic mass is 127. The summed E-state index contributed by atoms with van der Waals surface area (Å²) in [4.78, 5) is 16.8. The number of rotatable bonds is 9. The van der Waals surface area contributed by atoms with E-state index < -0.39 is 5.91 Å². The number of ether oxygens (including phenoxy) is 3. The van der Waals surface area contributed by atoms with Crippen molar-refractivity contribution < 1.29 is 19.0 Å². The average molecular weight is 659 g/mol. The molecular formula is C29H31IN4O4S. The van der Waals surface area contributed by atoms with E-state index in [2.05, 4.69) is 44.8 Å². The summed E-state index contributed by atoms with van der Waals surface area (Å²) >= 11 is 3.51. The van der Waals surface area contributed by atoms with Crippen LogP contribution in [0.3, 0.4) is 0 Å². The zero-order valence-corrected chi connectivity index (χ0v) is 25.0. The molecule has 0 saturated heterocycles. The largest absolute Gasteiger partial charge is 0.493 e. The third-order valence-corrected chi connectivity index (χ3v) is 8.77. The molecular weight excluding hydrogens is 627 g/mol. The molecule has 1 saturated carbocycles. The number of fused-ring (bicyclic) bond motifs is 1. The molecule has 3 aliphatic rings. The summed E-state index contributed by atoms with van der Waals surface area (Å²) in [7, 11) is 1.58. The highest BCUT2D eigenvalue weighted by molar-refractivity contribution is 14.1. The van der Waals surface area contributed by atoms with Crippen molar-refractivity contribution in [2.24, 2.45) is 10.1 Å². The highest BCUT2D eigenvalue weighted by Crippen LogP contribution is 2.36. The SMILES string of the molecule is CCC1=NN2C(=N)/C(=C/c3cc(I)c(OCCOc4ccc(C5CCCCC5)cc4)c(OC)c3)C(=O)N=C2S1. The molecule has 0 bridgehead atoms. The second kappa shape index (κ2) is 12.5. The van der Waals surface area contributed by atoms with Gasteiger partial charge in [0.1, 0.15) is 24.0 Å². The summed E-state index contributed by atoms with van der Waals surface area (Å²) in [5, 5.41) is 15.6. The molecule has 1 fully saturated rings. The first-order chi connectivity index (χ1) is 19.0. The number of hydrogen-bond acceptors (Lipinski definition) is 7. The number of halogens is 1. The van der Waals surface area contributed by atoms with Crippen LogP contribution in [-0.4, -0.2) is 47.3 Å². The maximum absolute atomic E-state index is 12.7. The fourth-order valence-corrected chi connectivity index (χ4v) is 6.49. The monoisotopic (exact) mass is 658 g/mol. The van der Waals surface area contributed by atoms with Gasteiger partial charge >= 0.3 is 0 Å². The number of aliphatic imine (C=N–C) groups is 1. The normalized spacial score (nSPS) is 18.6. The average Bonchev–Trinajstić information content (AvgIpc) is 3.38. The Kier molecular flexibility index (Phi) is 8.91. The fourth-order valence-electron chi connectivity index (χ4n) is 4.88. The number of nitrogens with one attached hydrogen (secondary N) is 1. The first-order valence-electron chi connectivity index (χ1n) is 13.2. The zero-order valence-electron chi connectivity index (χ0n) is 22.0. The van der Waals surface area contributed by atoms with E-state index in [-0.39, 0.29) is 11.4 Å². The van der Waals surface area contributed by atoms with Gasteiger partial charge in [-0.1, -0.05) is 38.3 Å². The second-order valence-electron chi connectivity index (χ2n) is 9.50. The lowest BCUT2D eigenvalue weighted by Crippen LogP contribution is -2.35. The first kappa shape index (κ1) is 27.7. The Labute approximate surface area is 246 Å². The van der Waals surface area contributed by atoms with E-state index in [1.54, 1.807) is 19.3 Å². The van der Waals surface area contributed by atoms with E-state index in [1.807, 2.05) is 25.1 Å². The Balaban J connectivity index is 1.22. The predicted octanol–water partition coefficient (Wildman–Crippen LogP) is 6.83. The van der Waals surface area contributed by atoms with Gasteiger partial charge in [0.2, 0.25) is 5.17 Å². The van der Waals surface area contributed by atoms with Crippen LogP contribution in [0.1, 0.15) is 62.5 Å². The van der Waals surface area contributed by atoms with Crippen molar-refractivity contribution in [3.8, 4) is 17.2 Å². The van der Waals surface area contributed by atoms with Gasteiger partial charge in [0.25, 0.3) is 5.91 Å². The van der Waals surface area contributed by atoms with Gasteiger partial charge in [-0.05, 0) is 101 Å². The third-order valence-electron chi connectivity index (χ3n) is 6.92. The van der Waals surface area contributed by atoms with E-state index in [0.717, 1.165) is 20.8 Å². The molecule has 0 aromatic heterocycles. The maximum Gasteiger partial charge on any atom is 0.283 e. The molecule has 0 spiro atoms. The molecule has 2 heterocycles. The topological polar surface area (TPSA) is 96.6 Å². The Bertz CT molecular complexity index is 1350. The number of nitrogens with zero attached hydrogens (tertiary/aromatic N) is 3. The first-order valence-corrected chi connectivity index (χ1v) is 15.1. The van der Waals surface area contributed by atoms with Crippen molar-refractivity contribution in [3.63, 3.8) is 0 Å². The lowest BCUT2D eigenvalue weighted by Gasteiger charge is -2.22. The van der Waals surface area contributed by atoms with Crippen LogP contribution in [0.5, 0.6) is 17.2 Å². The van der Waals surface area contributed by atoms with Gasteiger partial charge in [0.15, 0.2) is 17.3 Å². The maximum atomic E-state index is 12.7. The molecule has 1 aliphatic carbocycles. The minimum atomic E-state index is -0.454. The standard InChI is InChI=1S/C29H31IN4O4S/c1-3-25-33-34-27(31)22(28(35)32-29(34)39-25)15-18-16-23(30)26(24(17-18)36-2)38-14-13-37-21-11-9-20(10-12-21)19-7-5-4-6-8-19/h9-12,15-17,19,31H,3-8,13-14H2,1-2H3/b22-15-,31-27?. The van der Waals surface area contributed by atoms with Gasteiger partial charge in [-0.3, -0.25) is 10.2 Å².